The summed E-state index contributed by atoms with van der Waals surface area (Å²) < 4.78 is 0. The van der Waals surface area contributed by atoms with Gasteiger partial charge in [0, 0.05) is 17.5 Å². The van der Waals surface area contributed by atoms with E-state index in [1.54, 1.807) is 6.20 Å². The minimum atomic E-state index is -0.229. The molecule has 0 bridgehead atoms. The number of hydrogen-bond acceptors (Lipinski definition) is 3. The molecule has 1 aromatic carbocycles. The number of rotatable bonds is 4. The number of aromatic nitrogens is 1. The first-order valence-electron chi connectivity index (χ1n) is 5.53. The van der Waals surface area contributed by atoms with Crippen LogP contribution in [0.3, 0.4) is 0 Å². The van der Waals surface area contributed by atoms with Crippen LogP contribution in [0.1, 0.15) is 16.0 Å². The quantitative estimate of drug-likeness (QED) is 0.874. The smallest absolute Gasteiger partial charge is 0.241 e. The molecule has 0 radical (unpaired) electrons. The number of thiazole rings is 1. The number of amides is 1. The Morgan fingerprint density at radius 3 is 3.06 bits per heavy atom. The zero-order valence-corrected chi connectivity index (χ0v) is 11.5. The number of carbonyl (C=O) groups excluding carboxylic acids is 1. The van der Waals surface area contributed by atoms with Crippen molar-refractivity contribution in [1.82, 2.24) is 4.98 Å². The average Bonchev–Trinajstić information content (AvgIpc) is 2.76. The van der Waals surface area contributed by atoms with Gasteiger partial charge in [0.15, 0.2) is 5.13 Å². The Balaban J connectivity index is 2.04. The fourth-order valence-corrected chi connectivity index (χ4v) is 2.55. The maximum Gasteiger partial charge on any atom is 0.241 e. The summed E-state index contributed by atoms with van der Waals surface area (Å²) in [4.78, 5) is 16.4. The number of hydrogen-bond donors (Lipinski definition) is 1. The van der Waals surface area contributed by atoms with Gasteiger partial charge in [-0.1, -0.05) is 29.8 Å². The Labute approximate surface area is 115 Å². The van der Waals surface area contributed by atoms with Gasteiger partial charge in [0.1, 0.15) is 5.88 Å². The first-order valence-corrected chi connectivity index (χ1v) is 6.88. The van der Waals surface area contributed by atoms with Gasteiger partial charge in [-0.2, -0.15) is 0 Å². The molecule has 0 aliphatic rings. The fourth-order valence-electron chi connectivity index (χ4n) is 1.62. The molecular weight excluding hydrogens is 268 g/mol. The van der Waals surface area contributed by atoms with Crippen LogP contribution in [0.4, 0.5) is 5.13 Å². The largest absolute Gasteiger partial charge is 0.301 e. The summed E-state index contributed by atoms with van der Waals surface area (Å²) in [6.07, 6.45) is 2.62. The number of carbonyl (C=O) groups is 1. The lowest BCUT2D eigenvalue weighted by Gasteiger charge is -1.99. The molecule has 1 amide bonds. The van der Waals surface area contributed by atoms with Crippen LogP contribution in [0.25, 0.3) is 0 Å². The molecule has 0 unspecified atom stereocenters. The van der Waals surface area contributed by atoms with E-state index < -0.39 is 0 Å². The number of halogens is 1. The first kappa shape index (κ1) is 13.1. The van der Waals surface area contributed by atoms with Crippen molar-refractivity contribution in [2.45, 2.75) is 13.3 Å². The first-order chi connectivity index (χ1) is 8.67. The van der Waals surface area contributed by atoms with Gasteiger partial charge < -0.3 is 5.32 Å². The molecule has 1 heterocycles. The van der Waals surface area contributed by atoms with Crippen molar-refractivity contribution >= 4 is 34.0 Å². The van der Waals surface area contributed by atoms with Crippen molar-refractivity contribution in [3.63, 3.8) is 0 Å². The highest BCUT2D eigenvalue weighted by Gasteiger charge is 2.06. The molecule has 1 aromatic heterocycles. The van der Waals surface area contributed by atoms with Crippen molar-refractivity contribution in [3.8, 4) is 0 Å². The molecule has 0 aliphatic heterocycles. The van der Waals surface area contributed by atoms with Crippen LogP contribution in [0.5, 0.6) is 0 Å². The standard InChI is InChI=1S/C13H13ClN2OS/c1-9-3-2-4-10(5-9)6-11-8-15-13(18-11)16-12(17)7-14/h2-5,8H,6-7H2,1H3,(H,15,16,17). The minimum absolute atomic E-state index is 0.0488. The zero-order valence-electron chi connectivity index (χ0n) is 9.94. The van der Waals surface area contributed by atoms with E-state index in [1.165, 1.54) is 22.5 Å². The van der Waals surface area contributed by atoms with Gasteiger partial charge in [-0.25, -0.2) is 4.98 Å². The fraction of sp³-hybridized carbons (Fsp3) is 0.231. The van der Waals surface area contributed by atoms with Crippen LogP contribution in [0, 0.1) is 6.92 Å². The number of aryl methyl sites for hydroxylation is 1. The Morgan fingerprint density at radius 1 is 1.50 bits per heavy atom. The van der Waals surface area contributed by atoms with Gasteiger partial charge in [-0.15, -0.1) is 22.9 Å². The summed E-state index contributed by atoms with van der Waals surface area (Å²) in [5.41, 5.74) is 2.49. The van der Waals surface area contributed by atoms with Gasteiger partial charge in [-0.05, 0) is 12.5 Å². The van der Waals surface area contributed by atoms with Crippen LogP contribution in [0.15, 0.2) is 30.5 Å². The molecule has 0 fully saturated rings. The summed E-state index contributed by atoms with van der Waals surface area (Å²) in [6, 6.07) is 8.35. The second kappa shape index (κ2) is 5.98. The number of alkyl halides is 1. The minimum Gasteiger partial charge on any atom is -0.301 e. The Morgan fingerprint density at radius 2 is 2.33 bits per heavy atom. The van der Waals surface area contributed by atoms with E-state index in [1.807, 2.05) is 6.07 Å². The third kappa shape index (κ3) is 3.55. The summed E-state index contributed by atoms with van der Waals surface area (Å²) >= 11 is 6.90. The maximum atomic E-state index is 11.1. The van der Waals surface area contributed by atoms with E-state index in [0.717, 1.165) is 11.3 Å². The van der Waals surface area contributed by atoms with Gasteiger partial charge in [0.05, 0.1) is 0 Å². The van der Waals surface area contributed by atoms with Crippen LogP contribution >= 0.6 is 22.9 Å². The highest BCUT2D eigenvalue weighted by molar-refractivity contribution is 7.15. The van der Waals surface area contributed by atoms with Gasteiger partial charge in [0.2, 0.25) is 5.91 Å². The maximum absolute atomic E-state index is 11.1. The van der Waals surface area contributed by atoms with E-state index in [2.05, 4.69) is 35.4 Å². The molecule has 0 atom stereocenters. The lowest BCUT2D eigenvalue weighted by atomic mass is 10.1. The third-order valence-electron chi connectivity index (χ3n) is 2.38. The van der Waals surface area contributed by atoms with Crippen molar-refractivity contribution < 1.29 is 4.79 Å². The molecule has 0 saturated heterocycles. The second-order valence-electron chi connectivity index (χ2n) is 3.98. The summed E-state index contributed by atoms with van der Waals surface area (Å²) in [7, 11) is 0. The predicted octanol–water partition coefficient (Wildman–Crippen LogP) is 3.22. The number of anilines is 1. The van der Waals surface area contributed by atoms with Crippen molar-refractivity contribution in [1.29, 1.82) is 0 Å². The van der Waals surface area contributed by atoms with Crippen molar-refractivity contribution in [2.24, 2.45) is 0 Å². The van der Waals surface area contributed by atoms with Crippen LogP contribution in [-0.2, 0) is 11.2 Å². The topological polar surface area (TPSA) is 42.0 Å². The molecule has 94 valence electrons. The second-order valence-corrected chi connectivity index (χ2v) is 5.36. The Bertz CT molecular complexity index is 553. The number of nitrogens with one attached hydrogen (secondary N) is 1. The van der Waals surface area contributed by atoms with Crippen LogP contribution < -0.4 is 5.32 Å². The normalized spacial score (nSPS) is 10.3. The van der Waals surface area contributed by atoms with Crippen molar-refractivity contribution in [2.75, 3.05) is 11.2 Å². The van der Waals surface area contributed by atoms with Gasteiger partial charge in [0.25, 0.3) is 0 Å². The Kier molecular flexibility index (Phi) is 4.33. The molecular formula is C13H13ClN2OS. The summed E-state index contributed by atoms with van der Waals surface area (Å²) in [5.74, 6) is -0.277. The average molecular weight is 281 g/mol. The van der Waals surface area contributed by atoms with E-state index in [-0.39, 0.29) is 11.8 Å². The van der Waals surface area contributed by atoms with E-state index in [4.69, 9.17) is 11.6 Å². The molecule has 3 nitrogen and oxygen atoms in total. The summed E-state index contributed by atoms with van der Waals surface area (Å²) in [5, 5.41) is 3.25. The van der Waals surface area contributed by atoms with E-state index in [9.17, 15) is 4.79 Å². The molecule has 0 aliphatic carbocycles. The van der Waals surface area contributed by atoms with Crippen LogP contribution in [0.2, 0.25) is 0 Å². The highest BCUT2D eigenvalue weighted by Crippen LogP contribution is 2.21. The van der Waals surface area contributed by atoms with Gasteiger partial charge in [-0.3, -0.25) is 4.79 Å². The lowest BCUT2D eigenvalue weighted by Crippen LogP contribution is -2.11. The Hall–Kier alpha value is -1.39. The van der Waals surface area contributed by atoms with Crippen molar-refractivity contribution in [3.05, 3.63) is 46.5 Å². The molecule has 18 heavy (non-hydrogen) atoms. The summed E-state index contributed by atoms with van der Waals surface area (Å²) in [6.45, 7) is 2.07. The molecule has 5 heteroatoms. The predicted molar refractivity (Wildman–Crippen MR) is 75.4 cm³/mol. The number of benzene rings is 1. The molecule has 2 aromatic rings. The monoisotopic (exact) mass is 280 g/mol. The number of nitrogens with zero attached hydrogens (tertiary/aromatic N) is 1. The highest BCUT2D eigenvalue weighted by atomic mass is 35.5. The zero-order chi connectivity index (χ0) is 13.0. The van der Waals surface area contributed by atoms with E-state index in [0.29, 0.717) is 5.13 Å². The molecule has 0 saturated carbocycles. The lowest BCUT2D eigenvalue weighted by molar-refractivity contribution is -0.113. The molecule has 2 rings (SSSR count). The third-order valence-corrected chi connectivity index (χ3v) is 3.54. The van der Waals surface area contributed by atoms with Crippen LogP contribution in [-0.4, -0.2) is 16.8 Å². The molecule has 1 N–H and O–H groups in total. The van der Waals surface area contributed by atoms with E-state index >= 15 is 0 Å². The molecule has 0 spiro atoms. The SMILES string of the molecule is Cc1cccc(Cc2cnc(NC(=O)CCl)s2)c1. The van der Waals surface area contributed by atoms with Gasteiger partial charge >= 0.3 is 0 Å².